The van der Waals surface area contributed by atoms with Crippen molar-refractivity contribution >= 4 is 28.7 Å². The van der Waals surface area contributed by atoms with Gasteiger partial charge < -0.3 is 9.84 Å². The fourth-order valence-corrected chi connectivity index (χ4v) is 4.11. The van der Waals surface area contributed by atoms with Gasteiger partial charge in [0.05, 0.1) is 5.56 Å². The Labute approximate surface area is 193 Å². The molecule has 1 heterocycles. The lowest BCUT2D eigenvalue weighted by Crippen LogP contribution is -2.06. The molecule has 1 aliphatic rings. The predicted octanol–water partition coefficient (Wildman–Crippen LogP) is 6.91. The molecule has 0 saturated heterocycles. The molecule has 0 bridgehead atoms. The first-order chi connectivity index (χ1) is 15.8. The van der Waals surface area contributed by atoms with Crippen LogP contribution >= 0.6 is 11.6 Å². The van der Waals surface area contributed by atoms with Crippen LogP contribution in [0.3, 0.4) is 0 Å². The third-order valence-corrected chi connectivity index (χ3v) is 5.78. The van der Waals surface area contributed by atoms with Gasteiger partial charge in [0.15, 0.2) is 11.6 Å². The van der Waals surface area contributed by atoms with Gasteiger partial charge in [-0.05, 0) is 72.7 Å². The number of ether oxygens (including phenoxy) is 1. The largest absolute Gasteiger partial charge is 0.488 e. The Morgan fingerprint density at radius 1 is 0.970 bits per heavy atom. The fraction of sp³-hybridized carbons (Fsp3) is 0.200. The molecule has 0 radical (unpaired) electrons. The van der Waals surface area contributed by atoms with E-state index in [9.17, 15) is 23.1 Å². The van der Waals surface area contributed by atoms with Crippen LogP contribution in [-0.4, -0.2) is 16.1 Å². The summed E-state index contributed by atoms with van der Waals surface area (Å²) in [5.41, 5.74) is 3.20. The van der Waals surface area contributed by atoms with E-state index in [1.165, 1.54) is 6.20 Å². The van der Waals surface area contributed by atoms with Gasteiger partial charge in [-0.1, -0.05) is 11.6 Å². The number of nitrogens with zero attached hydrogens (tertiary/aromatic N) is 1. The second-order valence-corrected chi connectivity index (χ2v) is 8.15. The number of benzene rings is 2. The number of halogens is 4. The molecule has 4 nitrogen and oxygen atoms in total. The average molecular weight is 474 g/mol. The average Bonchev–Trinajstić information content (AvgIpc) is 2.81. The lowest BCUT2D eigenvalue weighted by molar-refractivity contribution is 0.0696. The first-order valence-electron chi connectivity index (χ1n) is 10.3. The summed E-state index contributed by atoms with van der Waals surface area (Å²) in [6.45, 7) is -0.309. The summed E-state index contributed by atoms with van der Waals surface area (Å²) in [4.78, 5) is 15.5. The van der Waals surface area contributed by atoms with Gasteiger partial charge in [0.25, 0.3) is 0 Å². The van der Waals surface area contributed by atoms with Crippen molar-refractivity contribution < 1.29 is 27.8 Å². The van der Waals surface area contributed by atoms with Gasteiger partial charge in [-0.3, -0.25) is 4.98 Å². The zero-order valence-corrected chi connectivity index (χ0v) is 18.1. The summed E-state index contributed by atoms with van der Waals surface area (Å²) in [6, 6.07) is 7.83. The molecule has 0 fully saturated rings. The van der Waals surface area contributed by atoms with Crippen molar-refractivity contribution in [3.63, 3.8) is 0 Å². The van der Waals surface area contributed by atoms with E-state index in [1.54, 1.807) is 30.5 Å². The maximum Gasteiger partial charge on any atom is 0.337 e. The van der Waals surface area contributed by atoms with Crippen LogP contribution < -0.4 is 4.74 Å². The molecule has 0 aliphatic heterocycles. The van der Waals surface area contributed by atoms with E-state index in [-0.39, 0.29) is 17.7 Å². The van der Waals surface area contributed by atoms with E-state index in [0.717, 1.165) is 30.1 Å². The first kappa shape index (κ1) is 22.9. The topological polar surface area (TPSA) is 59.4 Å². The second-order valence-electron chi connectivity index (χ2n) is 7.72. The Hall–Kier alpha value is -3.32. The Bertz CT molecular complexity index is 1260. The van der Waals surface area contributed by atoms with Crippen molar-refractivity contribution in [2.24, 2.45) is 0 Å². The highest BCUT2D eigenvalue weighted by Crippen LogP contribution is 2.42. The molecule has 0 unspecified atom stereocenters. The van der Waals surface area contributed by atoms with E-state index < -0.39 is 23.4 Å². The maximum absolute atomic E-state index is 14.1. The molecule has 8 heteroatoms. The highest BCUT2D eigenvalue weighted by Gasteiger charge is 2.21. The Balaban J connectivity index is 1.74. The molecule has 1 N–H and O–H groups in total. The van der Waals surface area contributed by atoms with E-state index >= 15 is 0 Å². The van der Waals surface area contributed by atoms with Crippen molar-refractivity contribution in [2.75, 3.05) is 0 Å². The van der Waals surface area contributed by atoms with Crippen molar-refractivity contribution in [3.05, 3.63) is 93.5 Å². The van der Waals surface area contributed by atoms with Crippen LogP contribution in [0, 0.1) is 17.5 Å². The molecule has 0 amide bonds. The molecule has 0 saturated carbocycles. The summed E-state index contributed by atoms with van der Waals surface area (Å²) in [7, 11) is 0. The number of pyridine rings is 1. The molecule has 0 atom stereocenters. The number of carbonyl (C=O) groups is 1. The number of rotatable bonds is 6. The van der Waals surface area contributed by atoms with Gasteiger partial charge in [0.1, 0.15) is 18.2 Å². The van der Waals surface area contributed by atoms with Crippen molar-refractivity contribution in [1.29, 1.82) is 0 Å². The van der Waals surface area contributed by atoms with Crippen LogP contribution in [0.2, 0.25) is 5.02 Å². The first-order valence-corrected chi connectivity index (χ1v) is 10.7. The van der Waals surface area contributed by atoms with Crippen LogP contribution in [-0.2, 0) is 6.61 Å². The molecule has 4 rings (SSSR count). The number of aromatic carboxylic acids is 1. The van der Waals surface area contributed by atoms with Gasteiger partial charge in [-0.15, -0.1) is 0 Å². The second kappa shape index (κ2) is 9.67. The minimum Gasteiger partial charge on any atom is -0.488 e. The van der Waals surface area contributed by atoms with Gasteiger partial charge in [-0.2, -0.15) is 0 Å². The number of carboxylic acids is 1. The fourth-order valence-electron chi connectivity index (χ4n) is 3.94. The SMILES string of the molecule is O=C(O)c1cncc(C2=C(c3cc(Cl)ccc3OCc3cc(F)c(F)cc3F)CCCC2)c1. The van der Waals surface area contributed by atoms with Crippen LogP contribution in [0.4, 0.5) is 13.2 Å². The van der Waals surface area contributed by atoms with Gasteiger partial charge in [-0.25, -0.2) is 18.0 Å². The van der Waals surface area contributed by atoms with Crippen LogP contribution in [0.5, 0.6) is 5.75 Å². The van der Waals surface area contributed by atoms with E-state index in [0.29, 0.717) is 40.8 Å². The summed E-state index contributed by atoms with van der Waals surface area (Å²) in [5, 5.41) is 9.80. The lowest BCUT2D eigenvalue weighted by Gasteiger charge is -2.23. The van der Waals surface area contributed by atoms with Gasteiger partial charge in [0, 0.05) is 34.6 Å². The molecular weight excluding hydrogens is 455 g/mol. The van der Waals surface area contributed by atoms with E-state index in [4.69, 9.17) is 16.3 Å². The van der Waals surface area contributed by atoms with E-state index in [2.05, 4.69) is 4.98 Å². The van der Waals surface area contributed by atoms with Crippen LogP contribution in [0.25, 0.3) is 11.1 Å². The summed E-state index contributed by atoms with van der Waals surface area (Å²) in [5.74, 6) is -3.99. The van der Waals surface area contributed by atoms with Gasteiger partial charge in [0.2, 0.25) is 0 Å². The Morgan fingerprint density at radius 3 is 2.45 bits per heavy atom. The molecule has 170 valence electrons. The Kier molecular flexibility index (Phi) is 6.70. The van der Waals surface area contributed by atoms with Crippen molar-refractivity contribution in [1.82, 2.24) is 4.98 Å². The number of hydrogen-bond acceptors (Lipinski definition) is 3. The summed E-state index contributed by atoms with van der Waals surface area (Å²) >= 11 is 6.26. The number of aromatic nitrogens is 1. The smallest absolute Gasteiger partial charge is 0.337 e. The molecule has 3 aromatic rings. The summed E-state index contributed by atoms with van der Waals surface area (Å²) in [6.07, 6.45) is 6.16. The Morgan fingerprint density at radius 2 is 1.70 bits per heavy atom. The van der Waals surface area contributed by atoms with Gasteiger partial charge >= 0.3 is 5.97 Å². The van der Waals surface area contributed by atoms with Crippen LogP contribution in [0.15, 0.2) is 48.8 Å². The normalized spacial score (nSPS) is 13.8. The highest BCUT2D eigenvalue weighted by molar-refractivity contribution is 6.30. The summed E-state index contributed by atoms with van der Waals surface area (Å²) < 4.78 is 46.7. The van der Waals surface area contributed by atoms with E-state index in [1.807, 2.05) is 0 Å². The van der Waals surface area contributed by atoms with Crippen LogP contribution in [0.1, 0.15) is 52.7 Å². The zero-order chi connectivity index (χ0) is 23.5. The molecule has 1 aliphatic carbocycles. The lowest BCUT2D eigenvalue weighted by atomic mass is 9.84. The minimum atomic E-state index is -1.27. The third-order valence-electron chi connectivity index (χ3n) is 5.54. The van der Waals surface area contributed by atoms with Crippen molar-refractivity contribution in [3.8, 4) is 5.75 Å². The molecular formula is C25H19ClF3NO3. The minimum absolute atomic E-state index is 0.0845. The number of carboxylic acid groups (broad SMARTS) is 1. The monoisotopic (exact) mass is 473 g/mol. The molecule has 1 aromatic heterocycles. The number of allylic oxidation sites excluding steroid dienone is 2. The molecule has 0 spiro atoms. The quantitative estimate of drug-likeness (QED) is 0.395. The maximum atomic E-state index is 14.1. The predicted molar refractivity (Wildman–Crippen MR) is 119 cm³/mol. The third kappa shape index (κ3) is 5.03. The number of hydrogen-bond donors (Lipinski definition) is 1. The molecule has 33 heavy (non-hydrogen) atoms. The standard InChI is InChI=1S/C25H19ClF3NO3/c26-17-5-6-24(33-13-16-8-22(28)23(29)10-21(16)27)20(9-17)19-4-2-1-3-18(19)14-7-15(25(31)32)12-30-11-14/h5-12H,1-4,13H2,(H,31,32). The zero-order valence-electron chi connectivity index (χ0n) is 17.4. The molecule has 2 aromatic carbocycles. The van der Waals surface area contributed by atoms with Crippen molar-refractivity contribution in [2.45, 2.75) is 32.3 Å². The highest BCUT2D eigenvalue weighted by atomic mass is 35.5.